The molecule has 0 bridgehead atoms. The highest BCUT2D eigenvalue weighted by Gasteiger charge is 2.07. The van der Waals surface area contributed by atoms with Crippen LogP contribution in [-0.4, -0.2) is 24.6 Å². The van der Waals surface area contributed by atoms with Gasteiger partial charge in [-0.1, -0.05) is 60.2 Å². The summed E-state index contributed by atoms with van der Waals surface area (Å²) in [5.41, 5.74) is 2.85. The zero-order valence-corrected chi connectivity index (χ0v) is 16.4. The van der Waals surface area contributed by atoms with Crippen LogP contribution < -0.4 is 10.9 Å². The molecular formula is C21H24N2O4S. The van der Waals surface area contributed by atoms with Crippen molar-refractivity contribution in [3.63, 3.8) is 0 Å². The first kappa shape index (κ1) is 21.4. The Morgan fingerprint density at radius 1 is 0.893 bits per heavy atom. The van der Waals surface area contributed by atoms with Crippen molar-refractivity contribution in [3.05, 3.63) is 90.0 Å². The lowest BCUT2D eigenvalue weighted by molar-refractivity contribution is 0.474. The van der Waals surface area contributed by atoms with Crippen molar-refractivity contribution in [3.8, 4) is 5.75 Å². The second-order valence-corrected chi connectivity index (χ2v) is 7.63. The third-order valence-electron chi connectivity index (χ3n) is 3.99. The first-order valence-electron chi connectivity index (χ1n) is 8.65. The molecule has 0 spiro atoms. The van der Waals surface area contributed by atoms with Crippen LogP contribution in [0.2, 0.25) is 0 Å². The van der Waals surface area contributed by atoms with Crippen molar-refractivity contribution in [1.29, 1.82) is 0 Å². The summed E-state index contributed by atoms with van der Waals surface area (Å²) in [5, 5.41) is 11.2. The number of aryl methyl sites for hydroxylation is 1. The van der Waals surface area contributed by atoms with Crippen LogP contribution in [0.5, 0.6) is 5.75 Å². The molecule has 0 aliphatic rings. The lowest BCUT2D eigenvalue weighted by Gasteiger charge is -2.19. The van der Waals surface area contributed by atoms with Crippen molar-refractivity contribution < 1.29 is 18.1 Å². The van der Waals surface area contributed by atoms with E-state index in [0.29, 0.717) is 12.2 Å². The Labute approximate surface area is 165 Å². The zero-order chi connectivity index (χ0) is 20.6. The number of nitrogens with zero attached hydrogens (tertiary/aromatic N) is 1. The van der Waals surface area contributed by atoms with Gasteiger partial charge in [-0.05, 0) is 43.2 Å². The molecule has 3 rings (SSSR count). The fraction of sp³-hybridized carbons (Fsp3) is 0.143. The molecule has 7 heteroatoms. The number of para-hydroxylation sites is 2. The van der Waals surface area contributed by atoms with Crippen molar-refractivity contribution in [2.75, 3.05) is 11.6 Å². The topological polar surface area (TPSA) is 104 Å². The van der Waals surface area contributed by atoms with Gasteiger partial charge in [0.15, 0.2) is 0 Å². The minimum absolute atomic E-state index is 0.0666. The highest BCUT2D eigenvalue weighted by Crippen LogP contribution is 2.24. The van der Waals surface area contributed by atoms with E-state index in [-0.39, 0.29) is 10.6 Å². The van der Waals surface area contributed by atoms with E-state index in [9.17, 15) is 13.5 Å². The number of hydrogen-bond acceptors (Lipinski definition) is 5. The Morgan fingerprint density at radius 2 is 1.46 bits per heavy atom. The molecule has 0 atom stereocenters. The first-order chi connectivity index (χ1) is 13.3. The maximum Gasteiger partial charge on any atom is 0.294 e. The van der Waals surface area contributed by atoms with Crippen LogP contribution in [-0.2, 0) is 16.5 Å². The highest BCUT2D eigenvalue weighted by atomic mass is 32.2. The number of phenols is 1. The predicted molar refractivity (Wildman–Crippen MR) is 111 cm³/mol. The van der Waals surface area contributed by atoms with Crippen LogP contribution in [0.3, 0.4) is 0 Å². The van der Waals surface area contributed by atoms with Gasteiger partial charge in [0.05, 0.1) is 10.6 Å². The van der Waals surface area contributed by atoms with E-state index in [1.54, 1.807) is 35.3 Å². The van der Waals surface area contributed by atoms with E-state index in [1.807, 2.05) is 31.2 Å². The number of hydrazine groups is 1. The summed E-state index contributed by atoms with van der Waals surface area (Å²) in [4.78, 5) is -0.0666. The summed E-state index contributed by atoms with van der Waals surface area (Å²) in [7, 11) is -4.02. The molecule has 4 N–H and O–H groups in total. The van der Waals surface area contributed by atoms with Crippen molar-refractivity contribution in [2.45, 2.75) is 18.2 Å². The summed E-state index contributed by atoms with van der Waals surface area (Å²) in [5.74, 6) is 6.13. The van der Waals surface area contributed by atoms with Gasteiger partial charge in [0.2, 0.25) is 0 Å². The molecule has 3 aromatic carbocycles. The molecule has 0 unspecified atom stereocenters. The molecule has 0 radical (unpaired) electrons. The second kappa shape index (κ2) is 9.89. The lowest BCUT2D eigenvalue weighted by Crippen LogP contribution is -2.32. The molecule has 28 heavy (non-hydrogen) atoms. The molecule has 148 valence electrons. The lowest BCUT2D eigenvalue weighted by atomic mass is 10.1. The van der Waals surface area contributed by atoms with Gasteiger partial charge in [-0.3, -0.25) is 4.55 Å². The Balaban J connectivity index is 0.000000221. The van der Waals surface area contributed by atoms with Crippen molar-refractivity contribution >= 4 is 15.8 Å². The molecule has 0 fully saturated rings. The molecule has 0 heterocycles. The van der Waals surface area contributed by atoms with Crippen LogP contribution in [0.4, 0.5) is 5.69 Å². The minimum atomic E-state index is -4.02. The number of nitrogens with two attached hydrogens (primary N) is 1. The van der Waals surface area contributed by atoms with E-state index < -0.39 is 10.1 Å². The van der Waals surface area contributed by atoms with Crippen molar-refractivity contribution in [2.24, 2.45) is 5.84 Å². The summed E-state index contributed by atoms with van der Waals surface area (Å²) < 4.78 is 29.6. The van der Waals surface area contributed by atoms with E-state index in [0.717, 1.165) is 12.0 Å². The molecule has 0 aliphatic heterocycles. The normalized spacial score (nSPS) is 10.7. The van der Waals surface area contributed by atoms with Crippen LogP contribution in [0.1, 0.15) is 11.1 Å². The quantitative estimate of drug-likeness (QED) is 0.344. The summed E-state index contributed by atoms with van der Waals surface area (Å²) in [6, 6.07) is 23.2. The molecule has 0 saturated heterocycles. The number of benzene rings is 3. The number of aromatic hydroxyl groups is 1. The van der Waals surface area contributed by atoms with Gasteiger partial charge in [-0.15, -0.1) is 0 Å². The minimum Gasteiger partial charge on any atom is -0.506 e. The SMILES string of the molecule is Cc1ccc(S(=O)(=O)O)cc1.NN(CCc1ccccc1)c1ccccc1O. The Kier molecular flexibility index (Phi) is 7.57. The largest absolute Gasteiger partial charge is 0.506 e. The van der Waals surface area contributed by atoms with E-state index >= 15 is 0 Å². The molecular weight excluding hydrogens is 376 g/mol. The number of anilines is 1. The van der Waals surface area contributed by atoms with E-state index in [4.69, 9.17) is 10.4 Å². The third-order valence-corrected chi connectivity index (χ3v) is 4.86. The Morgan fingerprint density at radius 3 is 2.04 bits per heavy atom. The van der Waals surface area contributed by atoms with Gasteiger partial charge in [-0.25, -0.2) is 5.84 Å². The number of hydrogen-bond donors (Lipinski definition) is 3. The average Bonchev–Trinajstić information content (AvgIpc) is 2.67. The van der Waals surface area contributed by atoms with Gasteiger partial charge < -0.3 is 10.1 Å². The summed E-state index contributed by atoms with van der Waals surface area (Å²) in [6.07, 6.45) is 0.853. The Bertz CT molecular complexity index is 975. The molecule has 6 nitrogen and oxygen atoms in total. The fourth-order valence-electron chi connectivity index (χ4n) is 2.43. The van der Waals surface area contributed by atoms with Gasteiger partial charge in [-0.2, -0.15) is 8.42 Å². The molecule has 0 aliphatic carbocycles. The average molecular weight is 401 g/mol. The van der Waals surface area contributed by atoms with Gasteiger partial charge in [0.1, 0.15) is 5.75 Å². The van der Waals surface area contributed by atoms with Crippen molar-refractivity contribution in [1.82, 2.24) is 0 Å². The maximum absolute atomic E-state index is 10.5. The van der Waals surface area contributed by atoms with Crippen LogP contribution in [0.25, 0.3) is 0 Å². The highest BCUT2D eigenvalue weighted by molar-refractivity contribution is 7.85. The number of phenolic OH excluding ortho intramolecular Hbond substituents is 1. The molecule has 0 aromatic heterocycles. The first-order valence-corrected chi connectivity index (χ1v) is 10.1. The van der Waals surface area contributed by atoms with Crippen LogP contribution in [0, 0.1) is 6.92 Å². The maximum atomic E-state index is 10.5. The monoisotopic (exact) mass is 400 g/mol. The van der Waals surface area contributed by atoms with E-state index in [1.165, 1.54) is 17.7 Å². The summed E-state index contributed by atoms with van der Waals surface area (Å²) >= 11 is 0. The predicted octanol–water partition coefficient (Wildman–Crippen LogP) is 3.56. The third kappa shape index (κ3) is 6.70. The molecule has 0 saturated carbocycles. The molecule has 0 amide bonds. The number of rotatable bonds is 5. The van der Waals surface area contributed by atoms with E-state index in [2.05, 4.69) is 12.1 Å². The van der Waals surface area contributed by atoms with Gasteiger partial charge in [0.25, 0.3) is 10.1 Å². The molecule has 3 aromatic rings. The van der Waals surface area contributed by atoms with Crippen LogP contribution >= 0.6 is 0 Å². The summed E-state index contributed by atoms with van der Waals surface area (Å²) in [6.45, 7) is 2.51. The van der Waals surface area contributed by atoms with Crippen LogP contribution in [0.15, 0.2) is 83.8 Å². The standard InChI is InChI=1S/C14H16N2O.C7H8O3S/c15-16(13-8-4-5-9-14(13)17)11-10-12-6-2-1-3-7-12;1-6-2-4-7(5-3-6)11(8,9)10/h1-9,17H,10-11,15H2;2-5H,1H3,(H,8,9,10). The van der Waals surface area contributed by atoms with Gasteiger partial charge in [0, 0.05) is 6.54 Å². The zero-order valence-electron chi connectivity index (χ0n) is 15.6. The Hall–Kier alpha value is -2.87. The smallest absolute Gasteiger partial charge is 0.294 e. The van der Waals surface area contributed by atoms with Gasteiger partial charge >= 0.3 is 0 Å². The second-order valence-electron chi connectivity index (χ2n) is 6.21. The fourth-order valence-corrected chi connectivity index (χ4v) is 2.91.